The minimum absolute atomic E-state index is 0. The number of hydrogen-bond acceptors (Lipinski definition) is 3. The zero-order chi connectivity index (χ0) is 3.58. The zero-order valence-electron chi connectivity index (χ0n) is 3.43. The summed E-state index contributed by atoms with van der Waals surface area (Å²) < 4.78 is 0. The summed E-state index contributed by atoms with van der Waals surface area (Å²) in [5.41, 5.74) is 0. The molecule has 0 atom stereocenters. The van der Waals surface area contributed by atoms with Crippen LogP contribution in [0.1, 0.15) is 0 Å². The summed E-state index contributed by atoms with van der Waals surface area (Å²) in [6.07, 6.45) is -2.33. The van der Waals surface area contributed by atoms with E-state index in [1.54, 1.807) is 0 Å². The second kappa shape index (κ2) is 9.67. The van der Waals surface area contributed by atoms with Gasteiger partial charge in [0, 0.05) is 0 Å². The van der Waals surface area contributed by atoms with Gasteiger partial charge >= 0.3 is 67.7 Å². The number of rotatable bonds is 0. The molecule has 5 heteroatoms. The van der Waals surface area contributed by atoms with Crippen LogP contribution in [0.2, 0.25) is 0 Å². The summed E-state index contributed by atoms with van der Waals surface area (Å²) in [5, 5.41) is 16.7. The Morgan fingerprint density at radius 3 is 1.33 bits per heavy atom. The van der Waals surface area contributed by atoms with Crippen molar-refractivity contribution in [3.05, 3.63) is 0 Å². The maximum atomic E-state index is 8.33. The van der Waals surface area contributed by atoms with Crippen molar-refractivity contribution in [1.29, 1.82) is 0 Å². The largest absolute Gasteiger partial charge is 2.00 e. The molecule has 0 saturated heterocycles. The summed E-state index contributed by atoms with van der Waals surface area (Å²) in [6.45, 7) is 0. The van der Waals surface area contributed by atoms with Gasteiger partial charge in [-0.3, -0.25) is 0 Å². The Morgan fingerprint density at radius 2 is 1.33 bits per heavy atom. The van der Waals surface area contributed by atoms with E-state index in [4.69, 9.17) is 15.0 Å². The maximum absolute atomic E-state index is 8.33. The van der Waals surface area contributed by atoms with E-state index in [1.165, 1.54) is 0 Å². The third-order valence-corrected chi connectivity index (χ3v) is 0. The van der Waals surface area contributed by atoms with E-state index in [2.05, 4.69) is 0 Å². The first-order chi connectivity index (χ1) is 1.73. The zero-order valence-corrected chi connectivity index (χ0v) is 7.87. The molecule has 0 heterocycles. The Labute approximate surface area is 87.4 Å². The molecule has 0 N–H and O–H groups in total. The first kappa shape index (κ1) is 15.7. The summed E-state index contributed by atoms with van der Waals surface area (Å²) >= 11 is 0. The molecule has 0 aliphatic heterocycles. The normalized spacial score (nSPS) is 4.00. The third-order valence-electron chi connectivity index (χ3n) is 0. The molecule has 0 aromatic carbocycles. The SMILES string of the molecule is O=C([O-])[O-].[Ba+2].[Li+]. The van der Waals surface area contributed by atoms with Crippen LogP contribution in [0.5, 0.6) is 0 Å². The van der Waals surface area contributed by atoms with Crippen molar-refractivity contribution in [1.82, 2.24) is 0 Å². The minimum Gasteiger partial charge on any atom is -0.652 e. The fourth-order valence-corrected chi connectivity index (χ4v) is 0. The van der Waals surface area contributed by atoms with Crippen LogP contribution in [-0.4, -0.2) is 55.0 Å². The van der Waals surface area contributed by atoms with Gasteiger partial charge in [0.25, 0.3) is 0 Å². The third kappa shape index (κ3) is 51.8. The second-order valence-electron chi connectivity index (χ2n) is 0.250. The van der Waals surface area contributed by atoms with Crippen molar-refractivity contribution < 1.29 is 33.9 Å². The van der Waals surface area contributed by atoms with Crippen LogP contribution in [-0.2, 0) is 0 Å². The predicted molar refractivity (Wildman–Crippen MR) is 11.1 cm³/mol. The van der Waals surface area contributed by atoms with Gasteiger partial charge in [0.1, 0.15) is 0 Å². The topological polar surface area (TPSA) is 63.2 Å². The average Bonchev–Trinajstić information content (AvgIpc) is 0.811. The Balaban J connectivity index is -0.0000000450. The molecule has 0 aromatic rings. The molecule has 24 valence electrons. The quantitative estimate of drug-likeness (QED) is 0.369. The smallest absolute Gasteiger partial charge is 0.652 e. The van der Waals surface area contributed by atoms with Crippen LogP contribution in [0.25, 0.3) is 0 Å². The van der Waals surface area contributed by atoms with Crippen molar-refractivity contribution in [3.8, 4) is 0 Å². The Hall–Kier alpha value is 1.44. The molecule has 0 saturated carbocycles. The molecule has 0 amide bonds. The van der Waals surface area contributed by atoms with Crippen molar-refractivity contribution in [2.45, 2.75) is 0 Å². The first-order valence-electron chi connectivity index (χ1n) is 0.612. The first-order valence-corrected chi connectivity index (χ1v) is 0.612. The van der Waals surface area contributed by atoms with E-state index in [-0.39, 0.29) is 67.7 Å². The molecular formula is CBaLiO3+. The van der Waals surface area contributed by atoms with Crippen LogP contribution in [0.4, 0.5) is 4.79 Å². The van der Waals surface area contributed by atoms with Crippen molar-refractivity contribution in [2.24, 2.45) is 0 Å². The molecule has 0 aliphatic rings. The van der Waals surface area contributed by atoms with Crippen molar-refractivity contribution in [2.75, 3.05) is 0 Å². The van der Waals surface area contributed by atoms with Gasteiger partial charge < -0.3 is 15.0 Å². The van der Waals surface area contributed by atoms with Gasteiger partial charge in [-0.2, -0.15) is 0 Å². The van der Waals surface area contributed by atoms with Gasteiger partial charge in [-0.25, -0.2) is 0 Å². The van der Waals surface area contributed by atoms with Crippen LogP contribution < -0.4 is 29.1 Å². The standard InChI is InChI=1S/CH2O3.Ba.Li/c2-1(3)4;;/h(H2,2,3,4);;/q;+2;+1/p-2. The molecule has 0 aliphatic carbocycles. The van der Waals surface area contributed by atoms with Gasteiger partial charge in [-0.15, -0.1) is 0 Å². The van der Waals surface area contributed by atoms with Crippen LogP contribution in [0.15, 0.2) is 0 Å². The molecule has 6 heavy (non-hydrogen) atoms. The van der Waals surface area contributed by atoms with E-state index in [1.807, 2.05) is 0 Å². The van der Waals surface area contributed by atoms with Crippen LogP contribution in [0.3, 0.4) is 0 Å². The molecule has 0 aromatic heterocycles. The van der Waals surface area contributed by atoms with Crippen LogP contribution in [0, 0.1) is 0 Å². The van der Waals surface area contributed by atoms with Crippen molar-refractivity contribution in [3.63, 3.8) is 0 Å². The molecular weight excluding hydrogens is 204 g/mol. The molecule has 0 radical (unpaired) electrons. The maximum Gasteiger partial charge on any atom is 2.00 e. The molecule has 0 unspecified atom stereocenters. The summed E-state index contributed by atoms with van der Waals surface area (Å²) in [6, 6.07) is 0. The van der Waals surface area contributed by atoms with Crippen molar-refractivity contribution >= 4 is 55.0 Å². The Morgan fingerprint density at radius 1 is 1.33 bits per heavy atom. The second-order valence-corrected chi connectivity index (χ2v) is 0.250. The number of carbonyl (C=O) groups is 1. The summed E-state index contributed by atoms with van der Waals surface area (Å²) in [7, 11) is 0. The van der Waals surface area contributed by atoms with Gasteiger partial charge in [-0.1, -0.05) is 0 Å². The van der Waals surface area contributed by atoms with E-state index in [9.17, 15) is 0 Å². The average molecular weight is 204 g/mol. The predicted octanol–water partition coefficient (Wildman–Crippen LogP) is -5.82. The van der Waals surface area contributed by atoms with Gasteiger partial charge in [0.05, 0.1) is 0 Å². The minimum atomic E-state index is -2.33. The monoisotopic (exact) mass is 205 g/mol. The number of carbonyl (C=O) groups excluding carboxylic acids is 1. The molecule has 0 fully saturated rings. The molecule has 3 nitrogen and oxygen atoms in total. The number of hydrogen-bond donors (Lipinski definition) is 0. The van der Waals surface area contributed by atoms with Crippen LogP contribution >= 0.6 is 0 Å². The number of carboxylic acid groups (broad SMARTS) is 2. The van der Waals surface area contributed by atoms with Gasteiger partial charge in [0.2, 0.25) is 0 Å². The molecule has 0 spiro atoms. The fraction of sp³-hybridized carbons (Fsp3) is 0. The Bertz CT molecular complexity index is 33.8. The molecule has 0 rings (SSSR count). The summed E-state index contributed by atoms with van der Waals surface area (Å²) in [5.74, 6) is 0. The molecule has 0 bridgehead atoms. The fourth-order valence-electron chi connectivity index (χ4n) is 0. The van der Waals surface area contributed by atoms with E-state index in [0.717, 1.165) is 0 Å². The van der Waals surface area contributed by atoms with E-state index >= 15 is 0 Å². The van der Waals surface area contributed by atoms with Gasteiger partial charge in [-0.05, 0) is 6.16 Å². The Kier molecular flexibility index (Phi) is 25.2. The summed E-state index contributed by atoms with van der Waals surface area (Å²) in [4.78, 5) is 8.33. The van der Waals surface area contributed by atoms with E-state index in [0.29, 0.717) is 0 Å². The van der Waals surface area contributed by atoms with Gasteiger partial charge in [0.15, 0.2) is 0 Å². The van der Waals surface area contributed by atoms with E-state index < -0.39 is 6.16 Å².